The number of rotatable bonds is 1. The van der Waals surface area contributed by atoms with Crippen LogP contribution in [-0.4, -0.2) is 18.1 Å². The first-order valence-corrected chi connectivity index (χ1v) is 4.78. The summed E-state index contributed by atoms with van der Waals surface area (Å²) in [4.78, 5) is 15.4. The minimum Gasteiger partial charge on any atom is -0.465 e. The molecule has 4 heteroatoms. The van der Waals surface area contributed by atoms with Crippen molar-refractivity contribution in [3.63, 3.8) is 0 Å². The van der Waals surface area contributed by atoms with Crippen molar-refractivity contribution in [3.05, 3.63) is 47.8 Å². The molecule has 0 aromatic carbocycles. The van der Waals surface area contributed by atoms with E-state index < -0.39 is 5.97 Å². The van der Waals surface area contributed by atoms with E-state index >= 15 is 0 Å². The van der Waals surface area contributed by atoms with E-state index in [1.165, 1.54) is 13.3 Å². The first-order chi connectivity index (χ1) is 7.63. The number of aromatic nitrogens is 1. The molecule has 0 aliphatic heterocycles. The smallest absolute Gasteiger partial charge is 0.339 e. The molecule has 1 heterocycles. The van der Waals surface area contributed by atoms with Crippen molar-refractivity contribution in [3.8, 4) is 0 Å². The molecule has 1 aromatic heterocycles. The molecule has 16 heavy (non-hydrogen) atoms. The number of nitrogens with two attached hydrogens (primary N) is 1. The number of anilines is 1. The van der Waals surface area contributed by atoms with Crippen LogP contribution in [0.25, 0.3) is 0 Å². The van der Waals surface area contributed by atoms with Gasteiger partial charge < -0.3 is 10.5 Å². The highest BCUT2D eigenvalue weighted by Gasteiger charge is 2.01. The zero-order valence-electron chi connectivity index (χ0n) is 9.31. The predicted molar refractivity (Wildman–Crippen MR) is 62.4 cm³/mol. The summed E-state index contributed by atoms with van der Waals surface area (Å²) < 4.78 is 4.62. The van der Waals surface area contributed by atoms with Gasteiger partial charge in [-0.1, -0.05) is 6.07 Å². The zero-order chi connectivity index (χ0) is 12.0. The Morgan fingerprint density at radius 2 is 2.06 bits per heavy atom. The monoisotopic (exact) mass is 218 g/mol. The van der Waals surface area contributed by atoms with Crippen LogP contribution in [0.5, 0.6) is 0 Å². The molecule has 0 aliphatic rings. The average Bonchev–Trinajstić information content (AvgIpc) is 2.29. The van der Waals surface area contributed by atoms with Gasteiger partial charge in [-0.2, -0.15) is 0 Å². The molecule has 2 N–H and O–H groups in total. The third kappa shape index (κ3) is 3.57. The molecule has 0 saturated carbocycles. The van der Waals surface area contributed by atoms with Crippen LogP contribution in [-0.2, 0) is 4.74 Å². The summed E-state index contributed by atoms with van der Waals surface area (Å²) in [5, 5.41) is 0. The summed E-state index contributed by atoms with van der Waals surface area (Å²) in [6.07, 6.45) is 1.47. The third-order valence-electron chi connectivity index (χ3n) is 1.91. The summed E-state index contributed by atoms with van der Waals surface area (Å²) in [7, 11) is 1.33. The van der Waals surface area contributed by atoms with E-state index in [0.717, 1.165) is 5.69 Å². The second kappa shape index (κ2) is 5.70. The van der Waals surface area contributed by atoms with Crippen LogP contribution in [0, 0.1) is 6.92 Å². The summed E-state index contributed by atoms with van der Waals surface area (Å²) in [6, 6.07) is 8.51. The van der Waals surface area contributed by atoms with Crippen LogP contribution in [0.3, 0.4) is 0 Å². The topological polar surface area (TPSA) is 65.2 Å². The van der Waals surface area contributed by atoms with E-state index in [9.17, 15) is 4.79 Å². The Kier molecular flexibility index (Phi) is 4.27. The number of nitrogens with zero attached hydrogens (tertiary/aromatic N) is 1. The standard InChI is InChI=1S/C12H14N2O2/c1-9-6-7-11(13)5-3-4-10(8-14-9)12(15)16-2/h3-8H,13H2,1-2H3. The Labute approximate surface area is 94.4 Å². The molecule has 1 aromatic rings. The Hall–Kier alpha value is -2.10. The minimum absolute atomic E-state index is 0.376. The van der Waals surface area contributed by atoms with Crippen molar-refractivity contribution in [1.29, 1.82) is 0 Å². The number of hydrogen-bond acceptors (Lipinski definition) is 4. The molecule has 0 aliphatic carbocycles. The molecule has 4 nitrogen and oxygen atoms in total. The van der Waals surface area contributed by atoms with E-state index in [4.69, 9.17) is 5.73 Å². The first-order valence-electron chi connectivity index (χ1n) is 4.78. The minimum atomic E-state index is -0.427. The quantitative estimate of drug-likeness (QED) is 0.731. The van der Waals surface area contributed by atoms with Gasteiger partial charge >= 0.3 is 5.97 Å². The molecule has 1 rings (SSSR count). The number of aryl methyl sites for hydroxylation is 1. The number of carbonyl (C=O) groups is 1. The lowest BCUT2D eigenvalue weighted by molar-refractivity contribution is 0.0600. The normalized spacial score (nSPS) is 9.12. The lowest BCUT2D eigenvalue weighted by Gasteiger charge is -1.95. The fourth-order valence-corrected chi connectivity index (χ4v) is 1.03. The molecular formula is C12H14N2O2. The van der Waals surface area contributed by atoms with E-state index in [0.29, 0.717) is 11.3 Å². The highest BCUT2D eigenvalue weighted by Crippen LogP contribution is 2.00. The lowest BCUT2D eigenvalue weighted by atomic mass is 10.3. The van der Waals surface area contributed by atoms with Crippen LogP contribution in [0.15, 0.2) is 36.5 Å². The Morgan fingerprint density at radius 3 is 2.75 bits per heavy atom. The summed E-state index contributed by atoms with van der Waals surface area (Å²) >= 11 is 0. The molecule has 0 amide bonds. The van der Waals surface area contributed by atoms with Crippen LogP contribution in [0.2, 0.25) is 0 Å². The van der Waals surface area contributed by atoms with E-state index in [1.54, 1.807) is 30.3 Å². The molecule has 0 atom stereocenters. The molecule has 0 radical (unpaired) electrons. The van der Waals surface area contributed by atoms with Crippen molar-refractivity contribution >= 4 is 11.7 Å². The number of nitrogen functional groups attached to an aromatic ring is 1. The predicted octanol–water partition coefficient (Wildman–Crippen LogP) is 1.88. The maximum Gasteiger partial charge on any atom is 0.339 e. The summed E-state index contributed by atoms with van der Waals surface area (Å²) in [5.74, 6) is -0.427. The average molecular weight is 218 g/mol. The largest absolute Gasteiger partial charge is 0.465 e. The SMILES string of the molecule is COC(=O)c1cccc(N)ccc(C)nc1. The van der Waals surface area contributed by atoms with Crippen molar-refractivity contribution in [2.24, 2.45) is 0 Å². The fourth-order valence-electron chi connectivity index (χ4n) is 1.03. The van der Waals surface area contributed by atoms with Gasteiger partial charge in [0.1, 0.15) is 0 Å². The van der Waals surface area contributed by atoms with Gasteiger partial charge in [-0.3, -0.25) is 4.98 Å². The molecule has 0 unspecified atom stereocenters. The van der Waals surface area contributed by atoms with Crippen molar-refractivity contribution in [2.45, 2.75) is 6.92 Å². The molecule has 0 fully saturated rings. The second-order valence-corrected chi connectivity index (χ2v) is 3.21. The van der Waals surface area contributed by atoms with Gasteiger partial charge in [0.25, 0.3) is 0 Å². The zero-order valence-corrected chi connectivity index (χ0v) is 9.31. The van der Waals surface area contributed by atoms with Gasteiger partial charge in [0.05, 0.1) is 12.7 Å². The summed E-state index contributed by atoms with van der Waals surface area (Å²) in [5.41, 5.74) is 7.40. The third-order valence-corrected chi connectivity index (χ3v) is 1.91. The number of esters is 1. The van der Waals surface area contributed by atoms with Gasteiger partial charge in [-0.05, 0) is 31.2 Å². The van der Waals surface area contributed by atoms with Crippen LogP contribution < -0.4 is 5.73 Å². The van der Waals surface area contributed by atoms with Crippen LogP contribution >= 0.6 is 0 Å². The molecule has 0 saturated heterocycles. The van der Waals surface area contributed by atoms with Crippen molar-refractivity contribution in [1.82, 2.24) is 4.98 Å². The fraction of sp³-hybridized carbons (Fsp3) is 0.167. The van der Waals surface area contributed by atoms with Crippen LogP contribution in [0.4, 0.5) is 5.69 Å². The van der Waals surface area contributed by atoms with Crippen molar-refractivity contribution in [2.75, 3.05) is 12.8 Å². The van der Waals surface area contributed by atoms with Crippen LogP contribution in [0.1, 0.15) is 16.1 Å². The molecule has 0 bridgehead atoms. The Morgan fingerprint density at radius 1 is 1.31 bits per heavy atom. The molecular weight excluding hydrogens is 204 g/mol. The number of hydrogen-bond donors (Lipinski definition) is 1. The highest BCUT2D eigenvalue weighted by atomic mass is 16.5. The maximum atomic E-state index is 11.3. The second-order valence-electron chi connectivity index (χ2n) is 3.21. The number of ether oxygens (including phenoxy) is 1. The van der Waals surface area contributed by atoms with Gasteiger partial charge in [0.2, 0.25) is 0 Å². The number of methoxy groups -OCH3 is 1. The van der Waals surface area contributed by atoms with Gasteiger partial charge in [0, 0.05) is 17.6 Å². The van der Waals surface area contributed by atoms with E-state index in [-0.39, 0.29) is 0 Å². The first kappa shape index (κ1) is 12.0. The molecule has 84 valence electrons. The maximum absolute atomic E-state index is 11.3. The Balaban J connectivity index is 3.33. The summed E-state index contributed by atoms with van der Waals surface area (Å²) in [6.45, 7) is 1.82. The highest BCUT2D eigenvalue weighted by molar-refractivity contribution is 5.88. The van der Waals surface area contributed by atoms with E-state index in [2.05, 4.69) is 9.72 Å². The number of carbonyl (C=O) groups excluding carboxylic acids is 1. The van der Waals surface area contributed by atoms with Gasteiger partial charge in [0.15, 0.2) is 0 Å². The van der Waals surface area contributed by atoms with Crippen molar-refractivity contribution < 1.29 is 9.53 Å². The van der Waals surface area contributed by atoms with Gasteiger partial charge in [-0.25, -0.2) is 4.79 Å². The lowest BCUT2D eigenvalue weighted by Crippen LogP contribution is -2.00. The van der Waals surface area contributed by atoms with E-state index in [1.807, 2.05) is 6.92 Å². The van der Waals surface area contributed by atoms with Gasteiger partial charge in [-0.15, -0.1) is 0 Å². The molecule has 0 spiro atoms. The Bertz CT molecular complexity index is 443.